The van der Waals surface area contributed by atoms with E-state index in [0.717, 1.165) is 42.2 Å². The molecule has 0 radical (unpaired) electrons. The number of carbonyl (C=O) groups is 1. The quantitative estimate of drug-likeness (QED) is 0.868. The standard InChI is InChI=1S/C17H22N4O2/c1-11-9-14(11)15-5-3-13(23-15)4-6-17(22)20-7-8-21-12(2)18-19-16(21)10-20/h3,5,11,14H,4,6-10H2,1-2H3/t11-,14+/m0/s1. The molecule has 0 bridgehead atoms. The summed E-state index contributed by atoms with van der Waals surface area (Å²) < 4.78 is 7.96. The number of hydrogen-bond donors (Lipinski definition) is 0. The third-order valence-electron chi connectivity index (χ3n) is 5.03. The van der Waals surface area contributed by atoms with Crippen LogP contribution in [0, 0.1) is 12.8 Å². The molecule has 0 saturated heterocycles. The van der Waals surface area contributed by atoms with Crippen LogP contribution in [-0.2, 0) is 24.3 Å². The number of amides is 1. The van der Waals surface area contributed by atoms with Crippen LogP contribution in [0.4, 0.5) is 0 Å². The number of rotatable bonds is 4. The summed E-state index contributed by atoms with van der Waals surface area (Å²) in [5.41, 5.74) is 0. The normalized spacial score (nSPS) is 23.0. The van der Waals surface area contributed by atoms with Gasteiger partial charge in [-0.05, 0) is 31.4 Å². The topological polar surface area (TPSA) is 64.2 Å². The molecule has 1 fully saturated rings. The fraction of sp³-hybridized carbons (Fsp3) is 0.588. The van der Waals surface area contributed by atoms with Crippen molar-refractivity contribution in [2.75, 3.05) is 6.54 Å². The molecule has 122 valence electrons. The molecule has 0 unspecified atom stereocenters. The second-order valence-electron chi connectivity index (χ2n) is 6.75. The Morgan fingerprint density at radius 1 is 1.35 bits per heavy atom. The highest BCUT2D eigenvalue weighted by Crippen LogP contribution is 2.47. The van der Waals surface area contributed by atoms with Gasteiger partial charge in [0.15, 0.2) is 5.82 Å². The number of carbonyl (C=O) groups excluding carboxylic acids is 1. The van der Waals surface area contributed by atoms with E-state index in [0.29, 0.717) is 25.3 Å². The van der Waals surface area contributed by atoms with Gasteiger partial charge < -0.3 is 13.9 Å². The van der Waals surface area contributed by atoms with Crippen LogP contribution in [-0.4, -0.2) is 32.1 Å². The van der Waals surface area contributed by atoms with Gasteiger partial charge >= 0.3 is 0 Å². The van der Waals surface area contributed by atoms with Crippen molar-refractivity contribution in [3.05, 3.63) is 35.3 Å². The Labute approximate surface area is 135 Å². The van der Waals surface area contributed by atoms with Gasteiger partial charge in [-0.1, -0.05) is 6.92 Å². The first kappa shape index (κ1) is 14.5. The molecule has 1 aliphatic heterocycles. The summed E-state index contributed by atoms with van der Waals surface area (Å²) in [4.78, 5) is 14.3. The third-order valence-corrected chi connectivity index (χ3v) is 5.03. The van der Waals surface area contributed by atoms with Gasteiger partial charge in [0, 0.05) is 31.8 Å². The molecule has 1 saturated carbocycles. The number of aromatic nitrogens is 3. The summed E-state index contributed by atoms with van der Waals surface area (Å²) >= 11 is 0. The number of nitrogens with zero attached hydrogens (tertiary/aromatic N) is 4. The van der Waals surface area contributed by atoms with E-state index in [4.69, 9.17) is 4.42 Å². The molecule has 2 aromatic rings. The number of fused-ring (bicyclic) bond motifs is 1. The first-order chi connectivity index (χ1) is 11.1. The minimum Gasteiger partial charge on any atom is -0.466 e. The van der Waals surface area contributed by atoms with E-state index < -0.39 is 0 Å². The lowest BCUT2D eigenvalue weighted by Gasteiger charge is -2.27. The summed E-state index contributed by atoms with van der Waals surface area (Å²) in [6.45, 7) is 6.26. The maximum absolute atomic E-state index is 12.4. The molecular formula is C17H22N4O2. The Bertz CT molecular complexity index is 733. The minimum atomic E-state index is 0.162. The van der Waals surface area contributed by atoms with Crippen LogP contribution < -0.4 is 0 Å². The number of aryl methyl sites for hydroxylation is 2. The molecule has 2 aliphatic rings. The summed E-state index contributed by atoms with van der Waals surface area (Å²) in [5.74, 6) is 5.30. The molecule has 23 heavy (non-hydrogen) atoms. The van der Waals surface area contributed by atoms with Crippen LogP contribution in [0.5, 0.6) is 0 Å². The fourth-order valence-corrected chi connectivity index (χ4v) is 3.35. The van der Waals surface area contributed by atoms with Crippen molar-refractivity contribution in [2.24, 2.45) is 5.92 Å². The van der Waals surface area contributed by atoms with Crippen LogP contribution in [0.1, 0.15) is 48.9 Å². The van der Waals surface area contributed by atoms with Gasteiger partial charge in [0.05, 0.1) is 6.54 Å². The molecule has 0 aromatic carbocycles. The SMILES string of the molecule is Cc1nnc2n1CCN(C(=O)CCc1ccc([C@@H]3C[C@@H]3C)o1)C2. The second kappa shape index (κ2) is 5.51. The molecule has 1 aliphatic carbocycles. The molecule has 2 atom stereocenters. The fourth-order valence-electron chi connectivity index (χ4n) is 3.35. The van der Waals surface area contributed by atoms with E-state index in [-0.39, 0.29) is 5.91 Å². The summed E-state index contributed by atoms with van der Waals surface area (Å²) in [6, 6.07) is 4.09. The van der Waals surface area contributed by atoms with E-state index >= 15 is 0 Å². The van der Waals surface area contributed by atoms with Crippen LogP contribution >= 0.6 is 0 Å². The van der Waals surface area contributed by atoms with Gasteiger partial charge in [-0.2, -0.15) is 0 Å². The van der Waals surface area contributed by atoms with Crippen molar-refractivity contribution in [1.29, 1.82) is 0 Å². The second-order valence-corrected chi connectivity index (χ2v) is 6.75. The van der Waals surface area contributed by atoms with E-state index in [1.807, 2.05) is 17.9 Å². The van der Waals surface area contributed by atoms with Crippen LogP contribution in [0.25, 0.3) is 0 Å². The Kier molecular flexibility index (Phi) is 3.47. The highest BCUT2D eigenvalue weighted by molar-refractivity contribution is 5.76. The molecule has 6 heteroatoms. The van der Waals surface area contributed by atoms with Gasteiger partial charge in [0.2, 0.25) is 5.91 Å². The molecule has 1 amide bonds. The zero-order valence-corrected chi connectivity index (χ0v) is 13.7. The van der Waals surface area contributed by atoms with Crippen molar-refractivity contribution in [3.63, 3.8) is 0 Å². The predicted octanol–water partition coefficient (Wildman–Crippen LogP) is 2.28. The smallest absolute Gasteiger partial charge is 0.223 e. The summed E-state index contributed by atoms with van der Waals surface area (Å²) in [7, 11) is 0. The maximum Gasteiger partial charge on any atom is 0.223 e. The average molecular weight is 314 g/mol. The molecule has 3 heterocycles. The van der Waals surface area contributed by atoms with Crippen LogP contribution in [0.15, 0.2) is 16.5 Å². The molecule has 6 nitrogen and oxygen atoms in total. The predicted molar refractivity (Wildman–Crippen MR) is 83.7 cm³/mol. The zero-order chi connectivity index (χ0) is 16.0. The van der Waals surface area contributed by atoms with Crippen molar-refractivity contribution in [1.82, 2.24) is 19.7 Å². The molecular weight excluding hydrogens is 292 g/mol. The third kappa shape index (κ3) is 2.78. The highest BCUT2D eigenvalue weighted by Gasteiger charge is 2.36. The Hall–Kier alpha value is -2.11. The van der Waals surface area contributed by atoms with Crippen LogP contribution in [0.3, 0.4) is 0 Å². The summed E-state index contributed by atoms with van der Waals surface area (Å²) in [6.07, 6.45) is 2.38. The van der Waals surface area contributed by atoms with Crippen molar-refractivity contribution < 1.29 is 9.21 Å². The lowest BCUT2D eigenvalue weighted by molar-refractivity contribution is -0.132. The van der Waals surface area contributed by atoms with Crippen molar-refractivity contribution in [3.8, 4) is 0 Å². The molecule has 2 aromatic heterocycles. The first-order valence-electron chi connectivity index (χ1n) is 8.37. The van der Waals surface area contributed by atoms with Crippen molar-refractivity contribution in [2.45, 2.75) is 52.1 Å². The number of furan rings is 1. The number of hydrogen-bond acceptors (Lipinski definition) is 4. The molecule has 0 N–H and O–H groups in total. The zero-order valence-electron chi connectivity index (χ0n) is 13.7. The average Bonchev–Trinajstić information content (AvgIpc) is 2.97. The lowest BCUT2D eigenvalue weighted by atomic mass is 10.2. The van der Waals surface area contributed by atoms with Gasteiger partial charge in [-0.3, -0.25) is 4.79 Å². The van der Waals surface area contributed by atoms with E-state index in [9.17, 15) is 4.79 Å². The Balaban J connectivity index is 1.33. The van der Waals surface area contributed by atoms with E-state index in [1.54, 1.807) is 0 Å². The van der Waals surface area contributed by atoms with Gasteiger partial charge in [0.1, 0.15) is 17.3 Å². The minimum absolute atomic E-state index is 0.162. The molecule has 4 rings (SSSR count). The Morgan fingerprint density at radius 2 is 2.17 bits per heavy atom. The Morgan fingerprint density at radius 3 is 2.96 bits per heavy atom. The first-order valence-corrected chi connectivity index (χ1v) is 8.37. The largest absolute Gasteiger partial charge is 0.466 e. The molecule has 0 spiro atoms. The van der Waals surface area contributed by atoms with Gasteiger partial charge in [-0.15, -0.1) is 10.2 Å². The summed E-state index contributed by atoms with van der Waals surface area (Å²) in [5, 5.41) is 8.22. The van der Waals surface area contributed by atoms with Crippen LogP contribution in [0.2, 0.25) is 0 Å². The monoisotopic (exact) mass is 314 g/mol. The van der Waals surface area contributed by atoms with Gasteiger partial charge in [0.25, 0.3) is 0 Å². The van der Waals surface area contributed by atoms with E-state index in [2.05, 4.69) is 27.8 Å². The lowest BCUT2D eigenvalue weighted by Crippen LogP contribution is -2.38. The highest BCUT2D eigenvalue weighted by atomic mass is 16.3. The van der Waals surface area contributed by atoms with Crippen molar-refractivity contribution >= 4 is 5.91 Å². The van der Waals surface area contributed by atoms with Gasteiger partial charge in [-0.25, -0.2) is 0 Å². The van der Waals surface area contributed by atoms with E-state index in [1.165, 1.54) is 6.42 Å². The maximum atomic E-state index is 12.4.